The van der Waals surface area contributed by atoms with Crippen molar-refractivity contribution in [3.8, 4) is 0 Å². The fraction of sp³-hybridized carbons (Fsp3) is 0.526. The Morgan fingerprint density at radius 2 is 1.89 bits per heavy atom. The van der Waals surface area contributed by atoms with E-state index in [1.54, 1.807) is 11.0 Å². The summed E-state index contributed by atoms with van der Waals surface area (Å²) in [6, 6.07) is 6.45. The maximum atomic E-state index is 12.7. The van der Waals surface area contributed by atoms with Gasteiger partial charge in [0, 0.05) is 43.5 Å². The van der Waals surface area contributed by atoms with Crippen LogP contribution in [0.4, 0.5) is 5.69 Å². The number of rotatable bonds is 5. The minimum absolute atomic E-state index is 0.0390. The van der Waals surface area contributed by atoms with Crippen LogP contribution in [0.2, 0.25) is 0 Å². The number of carbonyl (C=O) groups is 3. The van der Waals surface area contributed by atoms with Crippen LogP contribution in [0.3, 0.4) is 0 Å². The van der Waals surface area contributed by atoms with E-state index >= 15 is 0 Å². The number of anilines is 1. The molecule has 3 amide bonds. The molecule has 27 heavy (non-hydrogen) atoms. The summed E-state index contributed by atoms with van der Waals surface area (Å²) in [5, 5.41) is 5.20. The van der Waals surface area contributed by atoms with Crippen LogP contribution in [0.1, 0.15) is 25.5 Å². The molecule has 3 rings (SSSR count). The lowest BCUT2D eigenvalue weighted by atomic mass is 10.1. The van der Waals surface area contributed by atoms with Gasteiger partial charge in [-0.15, -0.1) is 0 Å². The first kappa shape index (κ1) is 19.3. The van der Waals surface area contributed by atoms with Gasteiger partial charge >= 0.3 is 11.8 Å². The van der Waals surface area contributed by atoms with Gasteiger partial charge in [0.25, 0.3) is 5.91 Å². The van der Waals surface area contributed by atoms with E-state index < -0.39 is 17.9 Å². The third-order valence-corrected chi connectivity index (χ3v) is 4.81. The fourth-order valence-electron chi connectivity index (χ4n) is 3.44. The van der Waals surface area contributed by atoms with Gasteiger partial charge in [-0.05, 0) is 19.9 Å². The molecule has 0 aliphatic carbocycles. The standard InChI is InChI=1S/C19H26N4O4/c1-13(2)23-15-6-4-3-5-14(15)16(19(23)26)21-18(25)17(24)20-7-8-22-9-11-27-12-10-22/h3-6,13,16H,7-12H2,1-2H3,(H,20,24)(H,21,25). The first-order chi connectivity index (χ1) is 13.0. The zero-order chi connectivity index (χ0) is 19.4. The Kier molecular flexibility index (Phi) is 6.08. The number of hydrogen-bond donors (Lipinski definition) is 2. The van der Waals surface area contributed by atoms with Crippen molar-refractivity contribution >= 4 is 23.4 Å². The van der Waals surface area contributed by atoms with E-state index in [4.69, 9.17) is 4.74 Å². The zero-order valence-corrected chi connectivity index (χ0v) is 15.7. The van der Waals surface area contributed by atoms with Crippen LogP contribution < -0.4 is 15.5 Å². The molecule has 0 radical (unpaired) electrons. The van der Waals surface area contributed by atoms with Gasteiger partial charge in [-0.2, -0.15) is 0 Å². The van der Waals surface area contributed by atoms with Gasteiger partial charge in [-0.1, -0.05) is 18.2 Å². The number of ether oxygens (including phenoxy) is 1. The molecule has 2 heterocycles. The van der Waals surface area contributed by atoms with Crippen molar-refractivity contribution in [1.82, 2.24) is 15.5 Å². The summed E-state index contributed by atoms with van der Waals surface area (Å²) in [7, 11) is 0. The molecule has 0 spiro atoms. The van der Waals surface area contributed by atoms with E-state index in [2.05, 4.69) is 15.5 Å². The summed E-state index contributed by atoms with van der Waals surface area (Å²) in [6.45, 7) is 7.87. The summed E-state index contributed by atoms with van der Waals surface area (Å²) in [6.07, 6.45) is 0. The highest BCUT2D eigenvalue weighted by atomic mass is 16.5. The molecule has 1 atom stereocenters. The molecule has 2 N–H and O–H groups in total. The summed E-state index contributed by atoms with van der Waals surface area (Å²) >= 11 is 0. The number of nitrogens with zero attached hydrogens (tertiary/aromatic N) is 2. The quantitative estimate of drug-likeness (QED) is 0.711. The molecule has 1 aromatic rings. The van der Waals surface area contributed by atoms with Crippen molar-refractivity contribution in [2.75, 3.05) is 44.3 Å². The minimum Gasteiger partial charge on any atom is -0.379 e. The van der Waals surface area contributed by atoms with Gasteiger partial charge in [0.2, 0.25) is 0 Å². The number of carbonyl (C=O) groups excluding carboxylic acids is 3. The van der Waals surface area contributed by atoms with Crippen molar-refractivity contribution < 1.29 is 19.1 Å². The Bertz CT molecular complexity index is 715. The van der Waals surface area contributed by atoms with E-state index in [0.29, 0.717) is 31.9 Å². The Morgan fingerprint density at radius 3 is 2.59 bits per heavy atom. The maximum absolute atomic E-state index is 12.7. The van der Waals surface area contributed by atoms with E-state index in [-0.39, 0.29) is 11.9 Å². The van der Waals surface area contributed by atoms with Crippen molar-refractivity contribution in [2.45, 2.75) is 25.9 Å². The monoisotopic (exact) mass is 374 g/mol. The zero-order valence-electron chi connectivity index (χ0n) is 15.7. The molecule has 0 aromatic heterocycles. The van der Waals surface area contributed by atoms with E-state index in [1.807, 2.05) is 32.0 Å². The van der Waals surface area contributed by atoms with Gasteiger partial charge in [0.15, 0.2) is 0 Å². The average Bonchev–Trinajstić information content (AvgIpc) is 2.94. The molecule has 1 unspecified atom stereocenters. The molecule has 8 heteroatoms. The average molecular weight is 374 g/mol. The number of morpholine rings is 1. The van der Waals surface area contributed by atoms with E-state index in [1.165, 1.54) is 0 Å². The second-order valence-corrected chi connectivity index (χ2v) is 6.98. The van der Waals surface area contributed by atoms with Crippen LogP contribution in [0.15, 0.2) is 24.3 Å². The Morgan fingerprint density at radius 1 is 1.19 bits per heavy atom. The lowest BCUT2D eigenvalue weighted by molar-refractivity contribution is -0.140. The molecule has 0 saturated carbocycles. The Labute approximate surface area is 158 Å². The lowest BCUT2D eigenvalue weighted by Crippen LogP contribution is -2.47. The summed E-state index contributed by atoms with van der Waals surface area (Å²) in [4.78, 5) is 41.0. The van der Waals surface area contributed by atoms with Gasteiger partial charge in [0.1, 0.15) is 6.04 Å². The topological polar surface area (TPSA) is 91.0 Å². The van der Waals surface area contributed by atoms with Gasteiger partial charge < -0.3 is 20.3 Å². The highest BCUT2D eigenvalue weighted by Crippen LogP contribution is 2.36. The third-order valence-electron chi connectivity index (χ3n) is 4.81. The van der Waals surface area contributed by atoms with Gasteiger partial charge in [-0.3, -0.25) is 19.3 Å². The number of para-hydroxylation sites is 1. The van der Waals surface area contributed by atoms with Crippen molar-refractivity contribution in [3.63, 3.8) is 0 Å². The fourth-order valence-corrected chi connectivity index (χ4v) is 3.44. The molecule has 0 bridgehead atoms. The second-order valence-electron chi connectivity index (χ2n) is 6.98. The third kappa shape index (κ3) is 4.28. The number of fused-ring (bicyclic) bond motifs is 1. The Balaban J connectivity index is 1.56. The molecular formula is C19H26N4O4. The SMILES string of the molecule is CC(C)N1C(=O)C(NC(=O)C(=O)NCCN2CCOCC2)c2ccccc21. The summed E-state index contributed by atoms with van der Waals surface area (Å²) in [5.74, 6) is -1.74. The molecule has 1 aromatic carbocycles. The molecule has 1 saturated heterocycles. The maximum Gasteiger partial charge on any atom is 0.310 e. The number of benzene rings is 1. The molecule has 1 fully saturated rings. The first-order valence-corrected chi connectivity index (χ1v) is 9.30. The van der Waals surface area contributed by atoms with Crippen molar-refractivity contribution in [2.24, 2.45) is 0 Å². The van der Waals surface area contributed by atoms with Crippen LogP contribution in [0, 0.1) is 0 Å². The van der Waals surface area contributed by atoms with Crippen LogP contribution >= 0.6 is 0 Å². The highest BCUT2D eigenvalue weighted by molar-refractivity contribution is 6.35. The largest absolute Gasteiger partial charge is 0.379 e. The van der Waals surface area contributed by atoms with E-state index in [0.717, 1.165) is 18.8 Å². The molecule has 146 valence electrons. The molecular weight excluding hydrogens is 348 g/mol. The second kappa shape index (κ2) is 8.49. The lowest BCUT2D eigenvalue weighted by Gasteiger charge is -2.26. The summed E-state index contributed by atoms with van der Waals surface area (Å²) in [5.41, 5.74) is 1.49. The first-order valence-electron chi connectivity index (χ1n) is 9.30. The van der Waals surface area contributed by atoms with Gasteiger partial charge in [0.05, 0.1) is 13.2 Å². The van der Waals surface area contributed by atoms with Gasteiger partial charge in [-0.25, -0.2) is 0 Å². The molecule has 2 aliphatic heterocycles. The molecule has 2 aliphatic rings. The van der Waals surface area contributed by atoms with E-state index in [9.17, 15) is 14.4 Å². The summed E-state index contributed by atoms with van der Waals surface area (Å²) < 4.78 is 5.27. The van der Waals surface area contributed by atoms with Crippen molar-refractivity contribution in [3.05, 3.63) is 29.8 Å². The van der Waals surface area contributed by atoms with Crippen LogP contribution in [-0.2, 0) is 19.1 Å². The molecule has 8 nitrogen and oxygen atoms in total. The predicted molar refractivity (Wildman–Crippen MR) is 100 cm³/mol. The number of hydrogen-bond acceptors (Lipinski definition) is 5. The van der Waals surface area contributed by atoms with Crippen LogP contribution in [0.25, 0.3) is 0 Å². The normalized spacial score (nSPS) is 19.9. The van der Waals surface area contributed by atoms with Crippen molar-refractivity contribution in [1.29, 1.82) is 0 Å². The minimum atomic E-state index is -0.832. The van der Waals surface area contributed by atoms with Crippen LogP contribution in [0.5, 0.6) is 0 Å². The van der Waals surface area contributed by atoms with Crippen LogP contribution in [-0.4, -0.2) is 68.1 Å². The highest BCUT2D eigenvalue weighted by Gasteiger charge is 2.39. The smallest absolute Gasteiger partial charge is 0.310 e. The number of amides is 3. The predicted octanol–water partition coefficient (Wildman–Crippen LogP) is 0.0473. The Hall–Kier alpha value is -2.45. The number of nitrogens with one attached hydrogen (secondary N) is 2.